The predicted molar refractivity (Wildman–Crippen MR) is 83.3 cm³/mol. The molecule has 0 saturated heterocycles. The molecule has 0 aliphatic rings. The van der Waals surface area contributed by atoms with Gasteiger partial charge in [0.05, 0.1) is 6.61 Å². The second-order valence-corrected chi connectivity index (χ2v) is 5.68. The highest BCUT2D eigenvalue weighted by Crippen LogP contribution is 2.29. The first kappa shape index (κ1) is 16.8. The summed E-state index contributed by atoms with van der Waals surface area (Å²) in [5.74, 6) is -0.481. The Labute approximate surface area is 126 Å². The van der Waals surface area contributed by atoms with Crippen molar-refractivity contribution in [2.75, 3.05) is 6.61 Å². The van der Waals surface area contributed by atoms with E-state index in [9.17, 15) is 9.59 Å². The molecule has 0 aliphatic heterocycles. The van der Waals surface area contributed by atoms with Crippen LogP contribution in [0.4, 0.5) is 0 Å². The molecule has 1 aromatic carbocycles. The SMILES string of the molecule is CCCCC(S)(CC(=O)c1ccccc1)C(=O)OCC. The van der Waals surface area contributed by atoms with Gasteiger partial charge >= 0.3 is 5.97 Å². The fourth-order valence-corrected chi connectivity index (χ4v) is 2.36. The maximum Gasteiger partial charge on any atom is 0.322 e. The van der Waals surface area contributed by atoms with Gasteiger partial charge in [0.25, 0.3) is 0 Å². The number of ether oxygens (including phenoxy) is 1. The maximum absolute atomic E-state index is 12.3. The van der Waals surface area contributed by atoms with E-state index in [1.54, 1.807) is 19.1 Å². The van der Waals surface area contributed by atoms with E-state index in [1.165, 1.54) is 0 Å². The van der Waals surface area contributed by atoms with Crippen molar-refractivity contribution < 1.29 is 14.3 Å². The van der Waals surface area contributed by atoms with Gasteiger partial charge in [0.2, 0.25) is 0 Å². The molecule has 110 valence electrons. The summed E-state index contributed by atoms with van der Waals surface area (Å²) in [7, 11) is 0. The number of hydrogen-bond donors (Lipinski definition) is 1. The van der Waals surface area contributed by atoms with Crippen molar-refractivity contribution in [3.63, 3.8) is 0 Å². The van der Waals surface area contributed by atoms with E-state index in [1.807, 2.05) is 25.1 Å². The van der Waals surface area contributed by atoms with Gasteiger partial charge in [-0.25, -0.2) is 0 Å². The third kappa shape index (κ3) is 4.67. The summed E-state index contributed by atoms with van der Waals surface area (Å²) < 4.78 is 4.04. The molecule has 3 nitrogen and oxygen atoms in total. The summed E-state index contributed by atoms with van der Waals surface area (Å²) in [5, 5.41) is 0. The number of Topliss-reactive ketones (excluding diaryl/α,β-unsaturated/α-hetero) is 1. The minimum atomic E-state index is -1.03. The summed E-state index contributed by atoms with van der Waals surface area (Å²) in [6.07, 6.45) is 2.40. The van der Waals surface area contributed by atoms with Crippen LogP contribution in [0.25, 0.3) is 0 Å². The molecule has 1 atom stereocenters. The highest BCUT2D eigenvalue weighted by Gasteiger charge is 2.37. The first-order valence-electron chi connectivity index (χ1n) is 7.01. The van der Waals surface area contributed by atoms with Crippen LogP contribution >= 0.6 is 12.6 Å². The zero-order valence-corrected chi connectivity index (χ0v) is 13.0. The molecular formula is C16H22O3S. The molecule has 0 bridgehead atoms. The van der Waals surface area contributed by atoms with E-state index in [0.29, 0.717) is 18.6 Å². The van der Waals surface area contributed by atoms with Gasteiger partial charge in [0, 0.05) is 12.0 Å². The first-order chi connectivity index (χ1) is 9.53. The Hall–Kier alpha value is -1.29. The molecule has 1 unspecified atom stereocenters. The number of carbonyl (C=O) groups is 2. The number of benzene rings is 1. The quantitative estimate of drug-likeness (QED) is 0.452. The monoisotopic (exact) mass is 294 g/mol. The van der Waals surface area contributed by atoms with Gasteiger partial charge in [-0.1, -0.05) is 50.1 Å². The number of esters is 1. The van der Waals surface area contributed by atoms with Crippen LogP contribution in [0, 0.1) is 0 Å². The van der Waals surface area contributed by atoms with Crippen molar-refractivity contribution in [1.29, 1.82) is 0 Å². The highest BCUT2D eigenvalue weighted by molar-refractivity contribution is 7.82. The van der Waals surface area contributed by atoms with Crippen LogP contribution in [0.1, 0.15) is 49.9 Å². The molecule has 0 amide bonds. The molecule has 4 heteroatoms. The lowest BCUT2D eigenvalue weighted by atomic mass is 9.92. The van der Waals surface area contributed by atoms with Crippen molar-refractivity contribution >= 4 is 24.4 Å². The lowest BCUT2D eigenvalue weighted by Gasteiger charge is -2.25. The largest absolute Gasteiger partial charge is 0.465 e. The second kappa shape index (κ2) is 8.10. The van der Waals surface area contributed by atoms with Crippen molar-refractivity contribution in [3.8, 4) is 0 Å². The molecular weight excluding hydrogens is 272 g/mol. The van der Waals surface area contributed by atoms with Crippen LogP contribution in [0.5, 0.6) is 0 Å². The van der Waals surface area contributed by atoms with Crippen LogP contribution in [0.3, 0.4) is 0 Å². The summed E-state index contributed by atoms with van der Waals surface area (Å²) in [6.45, 7) is 4.09. The standard InChI is InChI=1S/C16H22O3S/c1-3-5-11-16(20,15(18)19-4-2)12-14(17)13-9-7-6-8-10-13/h6-10,20H,3-5,11-12H2,1-2H3. The minimum Gasteiger partial charge on any atom is -0.465 e. The molecule has 0 N–H and O–H groups in total. The Kier molecular flexibility index (Phi) is 6.79. The summed E-state index contributed by atoms with van der Waals surface area (Å²) in [6, 6.07) is 8.98. The number of unbranched alkanes of at least 4 members (excludes halogenated alkanes) is 1. The van der Waals surface area contributed by atoms with Crippen molar-refractivity contribution in [1.82, 2.24) is 0 Å². The third-order valence-electron chi connectivity index (χ3n) is 3.15. The van der Waals surface area contributed by atoms with Crippen LogP contribution in [0.2, 0.25) is 0 Å². The maximum atomic E-state index is 12.3. The molecule has 0 heterocycles. The molecule has 0 aromatic heterocycles. The number of rotatable bonds is 8. The molecule has 0 radical (unpaired) electrons. The molecule has 1 rings (SSSR count). The fraction of sp³-hybridized carbons (Fsp3) is 0.500. The van der Waals surface area contributed by atoms with Crippen LogP contribution in [-0.2, 0) is 9.53 Å². The third-order valence-corrected chi connectivity index (χ3v) is 3.71. The summed E-state index contributed by atoms with van der Waals surface area (Å²) in [5.41, 5.74) is 0.603. The second-order valence-electron chi connectivity index (χ2n) is 4.82. The van der Waals surface area contributed by atoms with Gasteiger partial charge < -0.3 is 4.74 Å². The van der Waals surface area contributed by atoms with Gasteiger partial charge in [-0.3, -0.25) is 9.59 Å². The van der Waals surface area contributed by atoms with E-state index in [2.05, 4.69) is 12.6 Å². The van der Waals surface area contributed by atoms with E-state index in [-0.39, 0.29) is 12.2 Å². The highest BCUT2D eigenvalue weighted by atomic mass is 32.1. The first-order valence-corrected chi connectivity index (χ1v) is 7.46. The fourth-order valence-electron chi connectivity index (χ4n) is 1.99. The average molecular weight is 294 g/mol. The van der Waals surface area contributed by atoms with Crippen LogP contribution < -0.4 is 0 Å². The van der Waals surface area contributed by atoms with Gasteiger partial charge in [0.1, 0.15) is 4.75 Å². The van der Waals surface area contributed by atoms with Crippen molar-refractivity contribution in [2.24, 2.45) is 0 Å². The topological polar surface area (TPSA) is 43.4 Å². The number of hydrogen-bond acceptors (Lipinski definition) is 4. The van der Waals surface area contributed by atoms with Gasteiger partial charge in [-0.05, 0) is 13.3 Å². The lowest BCUT2D eigenvalue weighted by molar-refractivity contribution is -0.146. The number of ketones is 1. The molecule has 0 aliphatic carbocycles. The summed E-state index contributed by atoms with van der Waals surface area (Å²) >= 11 is 4.48. The number of carbonyl (C=O) groups excluding carboxylic acids is 2. The van der Waals surface area contributed by atoms with Crippen molar-refractivity contribution in [2.45, 2.75) is 44.3 Å². The molecule has 0 spiro atoms. The molecule has 20 heavy (non-hydrogen) atoms. The Morgan fingerprint density at radius 2 is 1.85 bits per heavy atom. The lowest BCUT2D eigenvalue weighted by Crippen LogP contribution is -2.37. The Morgan fingerprint density at radius 1 is 1.20 bits per heavy atom. The Balaban J connectivity index is 2.83. The predicted octanol–water partition coefficient (Wildman–Crippen LogP) is 3.68. The van der Waals surface area contributed by atoms with Crippen molar-refractivity contribution in [3.05, 3.63) is 35.9 Å². The number of thiol groups is 1. The Morgan fingerprint density at radius 3 is 2.40 bits per heavy atom. The van der Waals surface area contributed by atoms with Gasteiger partial charge in [-0.15, -0.1) is 0 Å². The molecule has 0 saturated carbocycles. The van der Waals surface area contributed by atoms with Crippen LogP contribution in [-0.4, -0.2) is 23.1 Å². The van der Waals surface area contributed by atoms with E-state index < -0.39 is 10.7 Å². The average Bonchev–Trinajstić information content (AvgIpc) is 2.46. The molecule has 1 aromatic rings. The zero-order valence-electron chi connectivity index (χ0n) is 12.1. The van der Waals surface area contributed by atoms with Gasteiger partial charge in [-0.2, -0.15) is 12.6 Å². The normalized spacial score (nSPS) is 13.6. The zero-order chi connectivity index (χ0) is 15.0. The molecule has 0 fully saturated rings. The van der Waals surface area contributed by atoms with E-state index in [4.69, 9.17) is 4.74 Å². The van der Waals surface area contributed by atoms with E-state index in [0.717, 1.165) is 12.8 Å². The van der Waals surface area contributed by atoms with E-state index >= 15 is 0 Å². The smallest absolute Gasteiger partial charge is 0.322 e. The minimum absolute atomic E-state index is 0.0684. The Bertz CT molecular complexity index is 444. The van der Waals surface area contributed by atoms with Crippen LogP contribution in [0.15, 0.2) is 30.3 Å². The van der Waals surface area contributed by atoms with Gasteiger partial charge in [0.15, 0.2) is 5.78 Å². The summed E-state index contributed by atoms with van der Waals surface area (Å²) in [4.78, 5) is 24.4.